The molecule has 7 heteroatoms. The van der Waals surface area contributed by atoms with Crippen molar-refractivity contribution in [2.24, 2.45) is 5.92 Å². The van der Waals surface area contributed by atoms with Crippen molar-refractivity contribution >= 4 is 40.2 Å². The summed E-state index contributed by atoms with van der Waals surface area (Å²) in [5, 5.41) is 3.97. The number of nitrogens with one attached hydrogen (secondary N) is 1. The molecule has 1 aliphatic rings. The normalized spacial score (nSPS) is 14.5. The number of nitrogens with zero attached hydrogens (tertiary/aromatic N) is 2. The number of benzene rings is 2. The lowest BCUT2D eigenvalue weighted by molar-refractivity contribution is -0.133. The highest BCUT2D eigenvalue weighted by molar-refractivity contribution is 8.00. The van der Waals surface area contributed by atoms with E-state index in [4.69, 9.17) is 4.74 Å². The summed E-state index contributed by atoms with van der Waals surface area (Å²) < 4.78 is 7.22. The summed E-state index contributed by atoms with van der Waals surface area (Å²) in [6.07, 6.45) is 4.14. The quantitative estimate of drug-likeness (QED) is 0.532. The van der Waals surface area contributed by atoms with E-state index in [-0.39, 0.29) is 17.6 Å². The second-order valence-corrected chi connectivity index (χ2v) is 9.29. The van der Waals surface area contributed by atoms with Crippen molar-refractivity contribution in [2.45, 2.75) is 31.2 Å². The maximum Gasteiger partial charge on any atom is 0.242 e. The van der Waals surface area contributed by atoms with Crippen LogP contribution in [0.2, 0.25) is 0 Å². The van der Waals surface area contributed by atoms with Gasteiger partial charge in [-0.2, -0.15) is 0 Å². The van der Waals surface area contributed by atoms with Gasteiger partial charge in [0.25, 0.3) is 0 Å². The monoisotopic (exact) mass is 451 g/mol. The average molecular weight is 452 g/mol. The number of carbonyl (C=O) groups excluding carboxylic acids is 2. The smallest absolute Gasteiger partial charge is 0.242 e. The Hall–Kier alpha value is -2.93. The summed E-state index contributed by atoms with van der Waals surface area (Å²) in [5.41, 5.74) is 1.72. The van der Waals surface area contributed by atoms with Crippen LogP contribution in [0.1, 0.15) is 19.8 Å². The van der Waals surface area contributed by atoms with Crippen molar-refractivity contribution in [3.05, 3.63) is 54.7 Å². The molecule has 1 N–H and O–H groups in total. The highest BCUT2D eigenvalue weighted by Gasteiger charge is 2.21. The van der Waals surface area contributed by atoms with E-state index >= 15 is 0 Å². The van der Waals surface area contributed by atoms with Gasteiger partial charge in [0.1, 0.15) is 12.3 Å². The molecule has 0 bridgehead atoms. The zero-order valence-corrected chi connectivity index (χ0v) is 19.4. The van der Waals surface area contributed by atoms with E-state index in [1.54, 1.807) is 13.2 Å². The molecule has 1 aromatic heterocycles. The second-order valence-electron chi connectivity index (χ2n) is 8.27. The predicted molar refractivity (Wildman–Crippen MR) is 129 cm³/mol. The molecule has 0 aliphatic carbocycles. The fraction of sp³-hybridized carbons (Fsp3) is 0.360. The topological polar surface area (TPSA) is 63.6 Å². The van der Waals surface area contributed by atoms with Gasteiger partial charge in [-0.15, -0.1) is 11.8 Å². The number of carbonyl (C=O) groups is 2. The van der Waals surface area contributed by atoms with E-state index in [1.165, 1.54) is 11.8 Å². The maximum atomic E-state index is 12.9. The van der Waals surface area contributed by atoms with Gasteiger partial charge in [0.15, 0.2) is 0 Å². The van der Waals surface area contributed by atoms with Crippen LogP contribution in [0, 0.1) is 5.92 Å². The van der Waals surface area contributed by atoms with Crippen molar-refractivity contribution in [1.82, 2.24) is 9.47 Å². The number of methoxy groups -OCH3 is 1. The van der Waals surface area contributed by atoms with E-state index in [2.05, 4.69) is 12.2 Å². The lowest BCUT2D eigenvalue weighted by Gasteiger charge is -2.30. The number of para-hydroxylation sites is 1. The maximum absolute atomic E-state index is 12.9. The van der Waals surface area contributed by atoms with Gasteiger partial charge in [-0.05, 0) is 37.0 Å². The standard InChI is InChI=1S/C25H29N3O3S/c1-18-10-12-27(13-11-18)25(30)16-28-15-23(21-8-3-4-9-22(21)28)32-17-24(29)26-19-6-5-7-20(14-19)31-2/h3-9,14-15,18H,10-13,16-17H2,1-2H3,(H,26,29). The summed E-state index contributed by atoms with van der Waals surface area (Å²) in [6.45, 7) is 4.25. The molecule has 168 valence electrons. The number of likely N-dealkylation sites (tertiary alicyclic amines) is 1. The van der Waals surface area contributed by atoms with Gasteiger partial charge < -0.3 is 19.5 Å². The first-order valence-corrected chi connectivity index (χ1v) is 11.9. The van der Waals surface area contributed by atoms with E-state index in [0.29, 0.717) is 23.9 Å². The summed E-state index contributed by atoms with van der Waals surface area (Å²) in [7, 11) is 1.60. The van der Waals surface area contributed by atoms with E-state index in [0.717, 1.165) is 41.7 Å². The van der Waals surface area contributed by atoms with Crippen LogP contribution in [-0.4, -0.2) is 47.2 Å². The largest absolute Gasteiger partial charge is 0.497 e. The number of hydrogen-bond donors (Lipinski definition) is 1. The number of aromatic nitrogens is 1. The highest BCUT2D eigenvalue weighted by Crippen LogP contribution is 2.30. The Bertz CT molecular complexity index is 1100. The van der Waals surface area contributed by atoms with E-state index in [9.17, 15) is 9.59 Å². The van der Waals surface area contributed by atoms with E-state index in [1.807, 2.05) is 58.1 Å². The van der Waals surface area contributed by atoms with Gasteiger partial charge in [-0.3, -0.25) is 9.59 Å². The molecule has 1 saturated heterocycles. The Kier molecular flexibility index (Phi) is 7.05. The van der Waals surface area contributed by atoms with Crippen LogP contribution >= 0.6 is 11.8 Å². The molecular weight excluding hydrogens is 422 g/mol. The number of anilines is 1. The fourth-order valence-electron chi connectivity index (χ4n) is 4.00. The number of hydrogen-bond acceptors (Lipinski definition) is 4. The van der Waals surface area contributed by atoms with Gasteiger partial charge in [0.05, 0.1) is 12.9 Å². The number of thioether (sulfide) groups is 1. The Morgan fingerprint density at radius 2 is 1.91 bits per heavy atom. The van der Waals surface area contributed by atoms with Crippen molar-refractivity contribution < 1.29 is 14.3 Å². The SMILES string of the molecule is COc1cccc(NC(=O)CSc2cn(CC(=O)N3CCC(C)CC3)c3ccccc23)c1. The number of amides is 2. The van der Waals surface area contributed by atoms with Crippen LogP contribution in [0.25, 0.3) is 10.9 Å². The zero-order chi connectivity index (χ0) is 22.5. The third-order valence-corrected chi connectivity index (χ3v) is 6.95. The molecule has 0 atom stereocenters. The second kappa shape index (κ2) is 10.1. The molecule has 0 spiro atoms. The van der Waals surface area contributed by atoms with Crippen LogP contribution in [0.3, 0.4) is 0 Å². The Morgan fingerprint density at radius 1 is 1.12 bits per heavy atom. The Morgan fingerprint density at radius 3 is 2.69 bits per heavy atom. The first kappa shape index (κ1) is 22.3. The van der Waals surface area contributed by atoms with Crippen LogP contribution in [0.5, 0.6) is 5.75 Å². The Balaban J connectivity index is 1.43. The summed E-state index contributed by atoms with van der Waals surface area (Å²) in [5.74, 6) is 1.75. The fourth-order valence-corrected chi connectivity index (χ4v) is 4.89. The number of fused-ring (bicyclic) bond motifs is 1. The van der Waals surface area contributed by atoms with Crippen LogP contribution in [-0.2, 0) is 16.1 Å². The molecule has 32 heavy (non-hydrogen) atoms. The molecule has 1 fully saturated rings. The molecule has 2 aromatic carbocycles. The van der Waals surface area contributed by atoms with Gasteiger partial charge in [-0.25, -0.2) is 0 Å². The summed E-state index contributed by atoms with van der Waals surface area (Å²) >= 11 is 1.48. The van der Waals surface area contributed by atoms with Crippen molar-refractivity contribution in [3.63, 3.8) is 0 Å². The molecule has 0 radical (unpaired) electrons. The molecule has 0 unspecified atom stereocenters. The molecule has 2 amide bonds. The Labute approximate surface area is 192 Å². The zero-order valence-electron chi connectivity index (χ0n) is 18.5. The van der Waals surface area contributed by atoms with Crippen molar-refractivity contribution in [3.8, 4) is 5.75 Å². The van der Waals surface area contributed by atoms with Gasteiger partial charge in [0.2, 0.25) is 11.8 Å². The van der Waals surface area contributed by atoms with Crippen LogP contribution < -0.4 is 10.1 Å². The molecule has 3 aromatic rings. The minimum atomic E-state index is -0.0846. The van der Waals surface area contributed by atoms with Crippen molar-refractivity contribution in [2.75, 3.05) is 31.3 Å². The first-order chi connectivity index (χ1) is 15.5. The third-order valence-electron chi connectivity index (χ3n) is 5.91. The molecule has 0 saturated carbocycles. The van der Waals surface area contributed by atoms with Gasteiger partial charge in [-0.1, -0.05) is 31.2 Å². The number of ether oxygens (including phenoxy) is 1. The third kappa shape index (κ3) is 5.27. The van der Waals surface area contributed by atoms with E-state index < -0.39 is 0 Å². The first-order valence-electron chi connectivity index (χ1n) is 11.0. The molecule has 6 nitrogen and oxygen atoms in total. The number of piperidine rings is 1. The van der Waals surface area contributed by atoms with Crippen molar-refractivity contribution in [1.29, 1.82) is 0 Å². The lowest BCUT2D eigenvalue weighted by atomic mass is 9.99. The van der Waals surface area contributed by atoms with Crippen LogP contribution in [0.4, 0.5) is 5.69 Å². The number of rotatable bonds is 7. The molecular formula is C25H29N3O3S. The highest BCUT2D eigenvalue weighted by atomic mass is 32.2. The van der Waals surface area contributed by atoms with Gasteiger partial charge in [0, 0.05) is 46.8 Å². The van der Waals surface area contributed by atoms with Crippen LogP contribution in [0.15, 0.2) is 59.6 Å². The summed E-state index contributed by atoms with van der Waals surface area (Å²) in [6, 6.07) is 15.4. The minimum absolute atomic E-state index is 0.0846. The lowest BCUT2D eigenvalue weighted by Crippen LogP contribution is -2.39. The minimum Gasteiger partial charge on any atom is -0.497 e. The predicted octanol–water partition coefficient (Wildman–Crippen LogP) is 4.64. The average Bonchev–Trinajstić information content (AvgIpc) is 3.15. The molecule has 4 rings (SSSR count). The molecule has 1 aliphatic heterocycles. The summed E-state index contributed by atoms with van der Waals surface area (Å²) in [4.78, 5) is 28.3. The molecule has 2 heterocycles. The van der Waals surface area contributed by atoms with Gasteiger partial charge >= 0.3 is 0 Å².